The van der Waals surface area contributed by atoms with Crippen molar-refractivity contribution in [3.05, 3.63) is 101 Å². The molecule has 0 unspecified atom stereocenters. The van der Waals surface area contributed by atoms with E-state index in [0.717, 1.165) is 24.3 Å². The molecular formula is C29H10Cl5F18N9. The smallest absolute Gasteiger partial charge is 0.321 e. The second-order valence-electron chi connectivity index (χ2n) is 10.6. The highest BCUT2D eigenvalue weighted by Crippen LogP contribution is 2.42. The minimum atomic E-state index is -5.45. The summed E-state index contributed by atoms with van der Waals surface area (Å²) in [4.78, 5) is 7.88. The molecular weight excluding hydrogens is 994 g/mol. The van der Waals surface area contributed by atoms with Gasteiger partial charge in [-0.25, -0.2) is 15.0 Å². The van der Waals surface area contributed by atoms with Crippen LogP contribution >= 0.6 is 58.0 Å². The Kier molecular flexibility index (Phi) is 16.4. The number of alkyl halides is 18. The monoisotopic (exact) mass is 1000 g/mol. The minimum Gasteiger partial charge on any atom is -0.321 e. The predicted octanol–water partition coefficient (Wildman–Crippen LogP) is 13.1. The first-order valence-corrected chi connectivity index (χ1v) is 16.2. The van der Waals surface area contributed by atoms with Crippen LogP contribution in [0.25, 0.3) is 0 Å². The van der Waals surface area contributed by atoms with E-state index >= 15 is 0 Å². The second kappa shape index (κ2) is 19.1. The van der Waals surface area contributed by atoms with Crippen LogP contribution in [-0.4, -0.2) is 15.0 Å². The number of rotatable bonds is 4. The largest absolute Gasteiger partial charge is 0.451 e. The van der Waals surface area contributed by atoms with Gasteiger partial charge < -0.3 is 5.43 Å². The number of nitriles is 2. The molecule has 2 heterocycles. The third kappa shape index (κ3) is 13.9. The molecule has 332 valence electrons. The Morgan fingerprint density at radius 1 is 0.492 bits per heavy atom. The van der Waals surface area contributed by atoms with Gasteiger partial charge >= 0.3 is 37.1 Å². The first-order valence-electron chi connectivity index (χ1n) is 14.3. The van der Waals surface area contributed by atoms with Gasteiger partial charge in [-0.3, -0.25) is 16.7 Å². The van der Waals surface area contributed by atoms with E-state index in [9.17, 15) is 79.0 Å². The summed E-state index contributed by atoms with van der Waals surface area (Å²) in [7, 11) is 0. The molecule has 32 heteroatoms. The van der Waals surface area contributed by atoms with Gasteiger partial charge in [0.25, 0.3) is 0 Å². The topological polar surface area (TPSA) is 148 Å². The third-order valence-electron chi connectivity index (χ3n) is 6.41. The first kappa shape index (κ1) is 52.3. The van der Waals surface area contributed by atoms with Crippen LogP contribution in [0.5, 0.6) is 0 Å². The number of pyridine rings is 1. The average molecular weight is 1000 g/mol. The number of hydrazine groups is 2. The normalized spacial score (nSPS) is 12.2. The van der Waals surface area contributed by atoms with Crippen LogP contribution in [0, 0.1) is 22.7 Å². The molecule has 0 spiro atoms. The zero-order valence-corrected chi connectivity index (χ0v) is 31.7. The van der Waals surface area contributed by atoms with Crippen LogP contribution in [0.15, 0.2) is 30.3 Å². The maximum atomic E-state index is 13.0. The highest BCUT2D eigenvalue weighted by Gasteiger charge is 2.44. The number of nitrogens with one attached hydrogen (secondary N) is 3. The van der Waals surface area contributed by atoms with E-state index in [0.29, 0.717) is 12.1 Å². The third-order valence-corrected chi connectivity index (χ3v) is 7.88. The predicted molar refractivity (Wildman–Crippen MR) is 179 cm³/mol. The molecule has 0 aliphatic rings. The van der Waals surface area contributed by atoms with Gasteiger partial charge in [-0.05, 0) is 30.3 Å². The van der Waals surface area contributed by atoms with Crippen molar-refractivity contribution in [2.24, 2.45) is 5.84 Å². The van der Waals surface area contributed by atoms with Gasteiger partial charge in [0, 0.05) is 0 Å². The number of nitrogen functional groups attached to an aromatic ring is 1. The van der Waals surface area contributed by atoms with Crippen molar-refractivity contribution in [3.8, 4) is 12.1 Å². The molecule has 4 rings (SSSR count). The Balaban J connectivity index is 0.000000348. The summed E-state index contributed by atoms with van der Waals surface area (Å²) in [5.41, 5.74) is -5.08. The van der Waals surface area contributed by atoms with E-state index in [-0.39, 0.29) is 21.8 Å². The SMILES string of the molecule is N#Cc1c(C(F)(F)F)cc(C(F)(F)F)nc1Cl.N#Cc1c(NNc2c(Cl)cc(C(F)(F)F)cc2Cl)nc(C(F)(F)F)nc1C(F)(F)F.NNc1c(Cl)cc(C(F)(F)F)cc1Cl. The van der Waals surface area contributed by atoms with Crippen LogP contribution in [0.2, 0.25) is 25.2 Å². The van der Waals surface area contributed by atoms with Crippen molar-refractivity contribution in [1.82, 2.24) is 15.0 Å². The van der Waals surface area contributed by atoms with Crippen LogP contribution in [-0.2, 0) is 37.1 Å². The van der Waals surface area contributed by atoms with E-state index < -0.39 is 109 Å². The summed E-state index contributed by atoms with van der Waals surface area (Å²) in [5.74, 6) is 1.53. The van der Waals surface area contributed by atoms with E-state index in [1.807, 2.05) is 5.43 Å². The summed E-state index contributed by atoms with van der Waals surface area (Å²) in [6.45, 7) is 0. The second-order valence-corrected chi connectivity index (χ2v) is 12.6. The fourth-order valence-electron chi connectivity index (χ4n) is 3.83. The molecule has 5 N–H and O–H groups in total. The summed E-state index contributed by atoms with van der Waals surface area (Å²) in [5, 5.41) is 14.5. The highest BCUT2D eigenvalue weighted by atomic mass is 35.5. The summed E-state index contributed by atoms with van der Waals surface area (Å²) < 4.78 is 226. The molecule has 0 radical (unpaired) electrons. The zero-order valence-electron chi connectivity index (χ0n) is 27.9. The van der Waals surface area contributed by atoms with Crippen molar-refractivity contribution in [1.29, 1.82) is 10.5 Å². The molecule has 0 atom stereocenters. The van der Waals surface area contributed by atoms with E-state index in [4.69, 9.17) is 74.4 Å². The van der Waals surface area contributed by atoms with Gasteiger partial charge in [0.1, 0.15) is 34.1 Å². The summed E-state index contributed by atoms with van der Waals surface area (Å²) in [6.07, 6.45) is -30.3. The fraction of sp³-hybridized carbons (Fsp3) is 0.207. The quantitative estimate of drug-likeness (QED) is 0.0679. The van der Waals surface area contributed by atoms with E-state index in [1.165, 1.54) is 0 Å². The molecule has 0 saturated carbocycles. The lowest BCUT2D eigenvalue weighted by Crippen LogP contribution is -2.22. The standard InChI is InChI=1S/C14H4Cl2F9N5.C8HClF6N2.C7H5Cl2F3N2/c15-6-1-4(12(17,18)19)2-7(16)8(6)29-30-10-5(3-26)9(13(20,21)22)27-11(28-10)14(23,24)25;9-6-3(2-16)4(7(10,11)12)1-5(17-6)8(13,14)15;8-4-1-3(7(10,11)12)2-5(9)6(4)14-13/h1-2,29H,(H,27,28,30);1H;1-2,14H,13H2. The van der Waals surface area contributed by atoms with Crippen molar-refractivity contribution in [3.63, 3.8) is 0 Å². The molecule has 0 fully saturated rings. The van der Waals surface area contributed by atoms with Crippen molar-refractivity contribution in [2.75, 3.05) is 16.3 Å². The van der Waals surface area contributed by atoms with Gasteiger partial charge in [-0.1, -0.05) is 58.0 Å². The first-order chi connectivity index (χ1) is 27.5. The highest BCUT2D eigenvalue weighted by molar-refractivity contribution is 6.39. The summed E-state index contributed by atoms with van der Waals surface area (Å²) in [6, 6.07) is 4.16. The van der Waals surface area contributed by atoms with Gasteiger partial charge in [0.15, 0.2) is 11.5 Å². The van der Waals surface area contributed by atoms with Crippen molar-refractivity contribution >= 4 is 75.2 Å². The number of aromatic nitrogens is 3. The summed E-state index contributed by atoms with van der Waals surface area (Å²) >= 11 is 27.4. The Morgan fingerprint density at radius 2 is 0.918 bits per heavy atom. The van der Waals surface area contributed by atoms with Gasteiger partial charge in [0.2, 0.25) is 5.82 Å². The Bertz CT molecular complexity index is 2280. The molecule has 0 amide bonds. The number of nitrogens with zero attached hydrogens (tertiary/aromatic N) is 5. The number of nitrogens with two attached hydrogens (primary N) is 1. The van der Waals surface area contributed by atoms with Crippen LogP contribution in [0.4, 0.5) is 96.2 Å². The number of benzene rings is 2. The van der Waals surface area contributed by atoms with Crippen LogP contribution in [0.1, 0.15) is 45.0 Å². The Labute approximate surface area is 350 Å². The van der Waals surface area contributed by atoms with Gasteiger partial charge in [-0.15, -0.1) is 0 Å². The zero-order chi connectivity index (χ0) is 47.4. The number of hydrogen-bond acceptors (Lipinski definition) is 9. The molecule has 9 nitrogen and oxygen atoms in total. The average Bonchev–Trinajstić information content (AvgIpc) is 3.08. The fourth-order valence-corrected chi connectivity index (χ4v) is 5.24. The maximum absolute atomic E-state index is 13.0. The molecule has 0 saturated heterocycles. The van der Waals surface area contributed by atoms with Gasteiger partial charge in [0.05, 0.1) is 48.2 Å². The van der Waals surface area contributed by atoms with Crippen LogP contribution < -0.4 is 22.1 Å². The number of anilines is 3. The Hall–Kier alpha value is -4.80. The van der Waals surface area contributed by atoms with Gasteiger partial charge in [-0.2, -0.15) is 89.6 Å². The van der Waals surface area contributed by atoms with Crippen molar-refractivity contribution < 1.29 is 79.0 Å². The maximum Gasteiger partial charge on any atom is 0.451 e. The number of halogens is 23. The lowest BCUT2D eigenvalue weighted by Gasteiger charge is -2.18. The molecule has 61 heavy (non-hydrogen) atoms. The molecule has 0 aliphatic heterocycles. The van der Waals surface area contributed by atoms with E-state index in [2.05, 4.69) is 20.4 Å². The molecule has 0 aliphatic carbocycles. The number of hydrogen-bond donors (Lipinski definition) is 4. The lowest BCUT2D eigenvalue weighted by atomic mass is 10.1. The lowest BCUT2D eigenvalue weighted by molar-refractivity contribution is -0.153. The van der Waals surface area contributed by atoms with E-state index in [1.54, 1.807) is 5.43 Å². The molecule has 2 aromatic carbocycles. The minimum absolute atomic E-state index is 0.0707. The van der Waals surface area contributed by atoms with Crippen molar-refractivity contribution in [2.45, 2.75) is 37.1 Å². The molecule has 0 bridgehead atoms. The molecule has 2 aromatic heterocycles. The van der Waals surface area contributed by atoms with Crippen LogP contribution in [0.3, 0.4) is 0 Å². The Morgan fingerprint density at radius 3 is 1.25 bits per heavy atom. The molecule has 4 aromatic rings.